The van der Waals surface area contributed by atoms with Crippen LogP contribution in [0.1, 0.15) is 73.1 Å². The van der Waals surface area contributed by atoms with Gasteiger partial charge in [-0.05, 0) is 25.0 Å². The zero-order valence-electron chi connectivity index (χ0n) is 14.3. The molecule has 2 N–H and O–H groups in total. The van der Waals surface area contributed by atoms with Gasteiger partial charge in [-0.25, -0.2) is 9.59 Å². The first-order valence-corrected chi connectivity index (χ1v) is 8.41. The smallest absolute Gasteiger partial charge is 0.342 e. The van der Waals surface area contributed by atoms with Crippen LogP contribution in [0.2, 0.25) is 0 Å². The normalized spacial score (nSPS) is 10.4. The Hall–Kier alpha value is -2.24. The van der Waals surface area contributed by atoms with E-state index in [4.69, 9.17) is 9.47 Å². The highest BCUT2D eigenvalue weighted by atomic mass is 16.5. The first-order chi connectivity index (χ1) is 11.5. The lowest BCUT2D eigenvalue weighted by Crippen LogP contribution is -2.10. The molecule has 134 valence electrons. The molecule has 0 heterocycles. The van der Waals surface area contributed by atoms with Crippen molar-refractivity contribution in [2.75, 3.05) is 13.2 Å². The zero-order chi connectivity index (χ0) is 17.9. The molecular formula is C18H26O6. The van der Waals surface area contributed by atoms with Crippen LogP contribution in [-0.2, 0) is 9.47 Å². The Bertz CT molecular complexity index is 503. The standard InChI is InChI=1S/C18H26O6/c1-3-5-7-9-23-17(21)13-11-16(20)14(12-15(13)19)18(22)24-10-8-6-4-2/h11-12,19-20H,3-10H2,1-2H3. The van der Waals surface area contributed by atoms with Crippen molar-refractivity contribution in [1.82, 2.24) is 0 Å². The van der Waals surface area contributed by atoms with Crippen LogP contribution in [0.25, 0.3) is 0 Å². The minimum Gasteiger partial charge on any atom is -0.507 e. The van der Waals surface area contributed by atoms with Crippen LogP contribution in [0, 0.1) is 0 Å². The topological polar surface area (TPSA) is 93.1 Å². The number of phenolic OH excluding ortho intramolecular Hbond substituents is 2. The van der Waals surface area contributed by atoms with E-state index in [0.717, 1.165) is 50.7 Å². The molecule has 0 radical (unpaired) electrons. The molecule has 0 aromatic heterocycles. The maximum absolute atomic E-state index is 11.9. The van der Waals surface area contributed by atoms with Gasteiger partial charge in [-0.15, -0.1) is 0 Å². The van der Waals surface area contributed by atoms with Gasteiger partial charge in [0.25, 0.3) is 0 Å². The maximum atomic E-state index is 11.9. The van der Waals surface area contributed by atoms with Crippen LogP contribution in [0.5, 0.6) is 11.5 Å². The van der Waals surface area contributed by atoms with E-state index >= 15 is 0 Å². The first-order valence-electron chi connectivity index (χ1n) is 8.41. The van der Waals surface area contributed by atoms with Gasteiger partial charge in [0, 0.05) is 0 Å². The number of aromatic hydroxyl groups is 2. The highest BCUT2D eigenvalue weighted by Gasteiger charge is 2.20. The fraction of sp³-hybridized carbons (Fsp3) is 0.556. The van der Waals surface area contributed by atoms with Crippen LogP contribution >= 0.6 is 0 Å². The number of esters is 2. The molecule has 0 saturated carbocycles. The molecule has 0 amide bonds. The molecule has 1 aromatic carbocycles. The average molecular weight is 338 g/mol. The molecule has 0 aliphatic heterocycles. The van der Waals surface area contributed by atoms with E-state index in [1.807, 2.05) is 13.8 Å². The summed E-state index contributed by atoms with van der Waals surface area (Å²) in [5.41, 5.74) is -0.349. The molecule has 0 aliphatic rings. The summed E-state index contributed by atoms with van der Waals surface area (Å²) in [7, 11) is 0. The fourth-order valence-electron chi connectivity index (χ4n) is 2.09. The van der Waals surface area contributed by atoms with Crippen molar-refractivity contribution < 1.29 is 29.3 Å². The largest absolute Gasteiger partial charge is 0.507 e. The van der Waals surface area contributed by atoms with Gasteiger partial charge in [0.2, 0.25) is 0 Å². The highest BCUT2D eigenvalue weighted by Crippen LogP contribution is 2.28. The van der Waals surface area contributed by atoms with E-state index in [1.165, 1.54) is 0 Å². The molecule has 1 aromatic rings. The summed E-state index contributed by atoms with van der Waals surface area (Å²) in [5.74, 6) is -2.31. The van der Waals surface area contributed by atoms with Crippen molar-refractivity contribution in [2.24, 2.45) is 0 Å². The fourth-order valence-corrected chi connectivity index (χ4v) is 2.09. The molecule has 0 fully saturated rings. The van der Waals surface area contributed by atoms with E-state index in [2.05, 4.69) is 0 Å². The molecule has 0 atom stereocenters. The molecule has 24 heavy (non-hydrogen) atoms. The van der Waals surface area contributed by atoms with Crippen molar-refractivity contribution >= 4 is 11.9 Å². The van der Waals surface area contributed by atoms with E-state index in [1.54, 1.807) is 0 Å². The number of ether oxygens (including phenoxy) is 2. The van der Waals surface area contributed by atoms with Crippen LogP contribution < -0.4 is 0 Å². The van der Waals surface area contributed by atoms with E-state index in [9.17, 15) is 19.8 Å². The third kappa shape index (κ3) is 6.10. The average Bonchev–Trinajstić information content (AvgIpc) is 2.57. The second-order valence-electron chi connectivity index (χ2n) is 5.57. The van der Waals surface area contributed by atoms with Gasteiger partial charge in [-0.2, -0.15) is 0 Å². The number of hydrogen-bond acceptors (Lipinski definition) is 6. The Balaban J connectivity index is 2.70. The Labute approximate surface area is 142 Å². The predicted molar refractivity (Wildman–Crippen MR) is 89.4 cm³/mol. The van der Waals surface area contributed by atoms with Crippen molar-refractivity contribution in [1.29, 1.82) is 0 Å². The monoisotopic (exact) mass is 338 g/mol. The summed E-state index contributed by atoms with van der Waals surface area (Å²) in [5, 5.41) is 19.9. The summed E-state index contributed by atoms with van der Waals surface area (Å²) >= 11 is 0. The van der Waals surface area contributed by atoms with Gasteiger partial charge >= 0.3 is 11.9 Å². The van der Waals surface area contributed by atoms with E-state index in [-0.39, 0.29) is 24.3 Å². The quantitative estimate of drug-likeness (QED) is 0.383. The van der Waals surface area contributed by atoms with Crippen molar-refractivity contribution in [3.05, 3.63) is 23.3 Å². The summed E-state index contributed by atoms with van der Waals surface area (Å²) in [4.78, 5) is 23.8. The van der Waals surface area contributed by atoms with Crippen LogP contribution in [0.15, 0.2) is 12.1 Å². The number of rotatable bonds is 10. The van der Waals surface area contributed by atoms with Gasteiger partial charge < -0.3 is 19.7 Å². The Kier molecular flexibility index (Phi) is 8.68. The number of hydrogen-bond donors (Lipinski definition) is 2. The number of phenols is 2. The van der Waals surface area contributed by atoms with Gasteiger partial charge in [0.05, 0.1) is 13.2 Å². The van der Waals surface area contributed by atoms with Gasteiger partial charge in [0.1, 0.15) is 22.6 Å². The summed E-state index contributed by atoms with van der Waals surface area (Å²) in [6.45, 7) is 4.56. The molecule has 0 bridgehead atoms. The van der Waals surface area contributed by atoms with Gasteiger partial charge in [-0.3, -0.25) is 0 Å². The molecular weight excluding hydrogens is 312 g/mol. The number of unbranched alkanes of at least 4 members (excludes halogenated alkanes) is 4. The Morgan fingerprint density at radius 3 is 1.50 bits per heavy atom. The maximum Gasteiger partial charge on any atom is 0.342 e. The minimum atomic E-state index is -0.734. The van der Waals surface area contributed by atoms with Gasteiger partial charge in [0.15, 0.2) is 0 Å². The number of carbonyl (C=O) groups is 2. The van der Waals surface area contributed by atoms with Crippen LogP contribution in [0.4, 0.5) is 0 Å². The van der Waals surface area contributed by atoms with Gasteiger partial charge in [-0.1, -0.05) is 39.5 Å². The molecule has 6 heteroatoms. The van der Waals surface area contributed by atoms with Crippen molar-refractivity contribution in [3.8, 4) is 11.5 Å². The third-order valence-corrected chi connectivity index (χ3v) is 3.52. The first kappa shape index (κ1) is 19.8. The molecule has 1 rings (SSSR count). The minimum absolute atomic E-state index is 0.175. The molecule has 6 nitrogen and oxygen atoms in total. The SMILES string of the molecule is CCCCCOC(=O)c1cc(O)c(C(=O)OCCCCC)cc1O. The second kappa shape index (κ2) is 10.5. The van der Waals surface area contributed by atoms with E-state index in [0.29, 0.717) is 0 Å². The lowest BCUT2D eigenvalue weighted by atomic mass is 10.1. The zero-order valence-corrected chi connectivity index (χ0v) is 14.3. The summed E-state index contributed by atoms with van der Waals surface area (Å²) in [6.07, 6.45) is 5.34. The molecule has 0 unspecified atom stereocenters. The Morgan fingerprint density at radius 2 is 1.17 bits per heavy atom. The van der Waals surface area contributed by atoms with E-state index < -0.39 is 23.4 Å². The van der Waals surface area contributed by atoms with Crippen LogP contribution in [0.3, 0.4) is 0 Å². The Morgan fingerprint density at radius 1 is 0.792 bits per heavy atom. The predicted octanol–water partition coefficient (Wildman–Crippen LogP) is 3.79. The lowest BCUT2D eigenvalue weighted by Gasteiger charge is -2.10. The second-order valence-corrected chi connectivity index (χ2v) is 5.57. The highest BCUT2D eigenvalue weighted by molar-refractivity contribution is 5.98. The van der Waals surface area contributed by atoms with Crippen molar-refractivity contribution in [3.63, 3.8) is 0 Å². The molecule has 0 spiro atoms. The number of benzene rings is 1. The van der Waals surface area contributed by atoms with Crippen LogP contribution in [-0.4, -0.2) is 35.4 Å². The number of carbonyl (C=O) groups excluding carboxylic acids is 2. The van der Waals surface area contributed by atoms with Crippen molar-refractivity contribution in [2.45, 2.75) is 52.4 Å². The summed E-state index contributed by atoms with van der Waals surface area (Å²) < 4.78 is 10.1. The molecule has 0 saturated heterocycles. The summed E-state index contributed by atoms with van der Waals surface area (Å²) in [6, 6.07) is 2.06. The third-order valence-electron chi connectivity index (χ3n) is 3.52. The lowest BCUT2D eigenvalue weighted by molar-refractivity contribution is 0.0477. The molecule has 0 aliphatic carbocycles.